The van der Waals surface area contributed by atoms with Gasteiger partial charge >= 0.3 is 6.03 Å². The molecule has 7 nitrogen and oxygen atoms in total. The third kappa shape index (κ3) is 3.89. The normalized spacial score (nSPS) is 41.3. The summed E-state index contributed by atoms with van der Waals surface area (Å²) < 4.78 is 5.49. The maximum absolute atomic E-state index is 14.6. The molecule has 1 aliphatic heterocycles. The Bertz CT molecular complexity index is 1330. The number of nitrogens with zero attached hydrogens (tertiary/aromatic N) is 2. The van der Waals surface area contributed by atoms with E-state index in [0.717, 1.165) is 62.4 Å². The molecule has 5 aliphatic carbocycles. The maximum Gasteiger partial charge on any atom is 0.318 e. The molecule has 3 saturated carbocycles. The second kappa shape index (κ2) is 9.27. The fourth-order valence-electron chi connectivity index (χ4n) is 10.1. The Morgan fingerprint density at radius 1 is 0.976 bits per heavy atom. The van der Waals surface area contributed by atoms with Crippen molar-refractivity contribution in [1.82, 2.24) is 10.2 Å². The molecule has 1 heterocycles. The molecule has 6 aliphatic rings. The summed E-state index contributed by atoms with van der Waals surface area (Å²) in [5, 5.41) is 3.50. The summed E-state index contributed by atoms with van der Waals surface area (Å²) >= 11 is 0. The monoisotopic (exact) mass is 573 g/mol. The predicted octanol–water partition coefficient (Wildman–Crippen LogP) is 6.27. The minimum atomic E-state index is -0.673. The summed E-state index contributed by atoms with van der Waals surface area (Å²) in [4.78, 5) is 47.0. The van der Waals surface area contributed by atoms with Crippen LogP contribution >= 0.6 is 0 Å². The molecule has 0 aromatic rings. The first-order chi connectivity index (χ1) is 19.5. The highest BCUT2D eigenvalue weighted by atomic mass is 16.5. The summed E-state index contributed by atoms with van der Waals surface area (Å²) in [6.45, 7) is 25.4. The van der Waals surface area contributed by atoms with Gasteiger partial charge in [-0.1, -0.05) is 60.1 Å². The zero-order valence-electron chi connectivity index (χ0n) is 26.5. The highest BCUT2D eigenvalue weighted by Crippen LogP contribution is 2.74. The van der Waals surface area contributed by atoms with E-state index >= 15 is 0 Å². The Kier molecular flexibility index (Phi) is 6.53. The number of allylic oxidation sites excluding steroid dienone is 4. The van der Waals surface area contributed by atoms with Crippen LogP contribution in [0.15, 0.2) is 23.4 Å². The first-order valence-electron chi connectivity index (χ1n) is 15.9. The molecule has 42 heavy (non-hydrogen) atoms. The number of hydrogen-bond acceptors (Lipinski definition) is 4. The van der Waals surface area contributed by atoms with Crippen molar-refractivity contribution in [2.45, 2.75) is 99.0 Å². The van der Waals surface area contributed by atoms with Crippen molar-refractivity contribution in [1.29, 1.82) is 0 Å². The van der Waals surface area contributed by atoms with Crippen molar-refractivity contribution < 1.29 is 19.1 Å². The highest BCUT2D eigenvalue weighted by molar-refractivity contribution is 6.08. The molecule has 0 bridgehead atoms. The molecule has 1 N–H and O–H groups in total. The third-order valence-electron chi connectivity index (χ3n) is 12.8. The van der Waals surface area contributed by atoms with Crippen LogP contribution in [-0.2, 0) is 14.3 Å². The van der Waals surface area contributed by atoms with E-state index in [-0.39, 0.29) is 40.0 Å². The maximum atomic E-state index is 14.6. The van der Waals surface area contributed by atoms with Crippen LogP contribution in [0.4, 0.5) is 4.79 Å². The Labute approximate surface area is 251 Å². The average molecular weight is 574 g/mol. The van der Waals surface area contributed by atoms with E-state index < -0.39 is 21.8 Å². The molecule has 0 unspecified atom stereocenters. The van der Waals surface area contributed by atoms with Crippen LogP contribution in [0.25, 0.3) is 4.85 Å². The van der Waals surface area contributed by atoms with Gasteiger partial charge in [0, 0.05) is 35.4 Å². The molecule has 1 saturated heterocycles. The van der Waals surface area contributed by atoms with Gasteiger partial charge in [-0.25, -0.2) is 9.64 Å². The molecule has 7 heteroatoms. The minimum Gasteiger partial charge on any atom is -0.378 e. The lowest BCUT2D eigenvalue weighted by Crippen LogP contribution is -2.69. The number of hydrogen-bond donors (Lipinski definition) is 1. The Morgan fingerprint density at radius 3 is 2.31 bits per heavy atom. The molecule has 0 aromatic heterocycles. The lowest BCUT2D eigenvalue weighted by Gasteiger charge is -2.69. The highest BCUT2D eigenvalue weighted by Gasteiger charge is 2.70. The molecule has 0 spiro atoms. The fraction of sp³-hybridized carbons (Fsp3) is 0.714. The van der Waals surface area contributed by atoms with Gasteiger partial charge in [-0.2, -0.15) is 0 Å². The molecule has 5 atom stereocenters. The van der Waals surface area contributed by atoms with Crippen LogP contribution < -0.4 is 5.32 Å². The van der Waals surface area contributed by atoms with Gasteiger partial charge < -0.3 is 19.7 Å². The topological polar surface area (TPSA) is 80.1 Å². The first-order valence-corrected chi connectivity index (χ1v) is 15.9. The zero-order chi connectivity index (χ0) is 30.5. The largest absolute Gasteiger partial charge is 0.378 e. The third-order valence-corrected chi connectivity index (χ3v) is 12.8. The predicted molar refractivity (Wildman–Crippen MR) is 161 cm³/mol. The standard InChI is InChI=1S/C35H47N3O4/c1-30(2)11-13-35(37-29(41)38-15-17-42-18-16-38)14-12-34(7)27(22(35)20-30)24(39)19-26-32(5)21-23(36-8)28(40)31(3,4)25(32)9-10-33(26,34)6/h19,21,25H,9-18,20H2,1-7H3,(H,37,41)/t25-,32-,33+,34+,35-/m0/s1. The van der Waals surface area contributed by atoms with Gasteiger partial charge in [-0.15, -0.1) is 0 Å². The molecule has 226 valence electrons. The van der Waals surface area contributed by atoms with Crippen LogP contribution in [0.2, 0.25) is 0 Å². The van der Waals surface area contributed by atoms with Crippen molar-refractivity contribution in [2.24, 2.45) is 33.0 Å². The van der Waals surface area contributed by atoms with Gasteiger partial charge in [0.25, 0.3) is 0 Å². The van der Waals surface area contributed by atoms with Gasteiger partial charge in [0.15, 0.2) is 11.6 Å². The van der Waals surface area contributed by atoms with Crippen molar-refractivity contribution >= 4 is 17.6 Å². The van der Waals surface area contributed by atoms with Gasteiger partial charge in [-0.05, 0) is 73.2 Å². The quantitative estimate of drug-likeness (QED) is 0.375. The number of rotatable bonds is 1. The van der Waals surface area contributed by atoms with Gasteiger partial charge in [-0.3, -0.25) is 4.79 Å². The number of nitrogens with one attached hydrogen (secondary N) is 1. The van der Waals surface area contributed by atoms with Crippen LogP contribution in [0.3, 0.4) is 0 Å². The van der Waals surface area contributed by atoms with Crippen LogP contribution in [-0.4, -0.2) is 54.3 Å². The number of amides is 2. The van der Waals surface area contributed by atoms with Crippen molar-refractivity contribution in [3.8, 4) is 0 Å². The average Bonchev–Trinajstić information content (AvgIpc) is 2.93. The first kappa shape index (κ1) is 29.6. The fourth-order valence-corrected chi connectivity index (χ4v) is 10.1. The molecular formula is C35H47N3O4. The molecule has 0 aromatic carbocycles. The number of ketones is 2. The lowest BCUT2D eigenvalue weighted by molar-refractivity contribution is -0.133. The van der Waals surface area contributed by atoms with Crippen molar-refractivity contribution in [3.05, 3.63) is 46.7 Å². The molecule has 2 radical (unpaired) electrons. The van der Waals surface area contributed by atoms with Gasteiger partial charge in [0.05, 0.1) is 25.7 Å². The molecule has 2 amide bonds. The number of carbonyl (C=O) groups is 3. The second-order valence-corrected chi connectivity index (χ2v) is 16.0. The van der Waals surface area contributed by atoms with E-state index in [1.807, 2.05) is 30.9 Å². The lowest BCUT2D eigenvalue weighted by atomic mass is 9.35. The number of urea groups is 1. The number of fused-ring (bicyclic) bond motifs is 7. The molecule has 4 fully saturated rings. The van der Waals surface area contributed by atoms with E-state index in [1.54, 1.807) is 0 Å². The van der Waals surface area contributed by atoms with E-state index in [4.69, 9.17) is 11.3 Å². The van der Waals surface area contributed by atoms with E-state index in [0.29, 0.717) is 26.3 Å². The number of Topliss-reactive ketones (excluding diaryl/α,β-unsaturated/α-hetero) is 1. The number of ether oxygens (including phenoxy) is 1. The Morgan fingerprint density at radius 2 is 1.64 bits per heavy atom. The van der Waals surface area contributed by atoms with Crippen LogP contribution in [0.1, 0.15) is 93.4 Å². The SMILES string of the molecule is [C-]#[N+]C1=C[C@]2(C)C3=CC(=O)[C]4[C]5CC(C)(C)CC[C@]5(NC(=O)N5CCOCC5)CC[C@@]4(C)[C@]3(C)CC[C@H]2C(C)(C)C1=O. The summed E-state index contributed by atoms with van der Waals surface area (Å²) in [6, 6.07) is -0.0515. The summed E-state index contributed by atoms with van der Waals surface area (Å²) in [6.07, 6.45) is 9.75. The summed E-state index contributed by atoms with van der Waals surface area (Å²) in [5.74, 6) is 2.05. The zero-order valence-corrected chi connectivity index (χ0v) is 26.5. The van der Waals surface area contributed by atoms with E-state index in [1.165, 1.54) is 0 Å². The van der Waals surface area contributed by atoms with Crippen molar-refractivity contribution in [3.63, 3.8) is 0 Å². The van der Waals surface area contributed by atoms with Gasteiger partial charge in [0.1, 0.15) is 0 Å². The van der Waals surface area contributed by atoms with Gasteiger partial charge in [0.2, 0.25) is 5.70 Å². The second-order valence-electron chi connectivity index (χ2n) is 16.0. The van der Waals surface area contributed by atoms with E-state index in [2.05, 4.69) is 44.8 Å². The van der Waals surface area contributed by atoms with E-state index in [9.17, 15) is 14.4 Å². The van der Waals surface area contributed by atoms with Crippen LogP contribution in [0, 0.1) is 51.4 Å². The van der Waals surface area contributed by atoms with Crippen molar-refractivity contribution in [2.75, 3.05) is 26.3 Å². The number of morpholine rings is 1. The summed E-state index contributed by atoms with van der Waals surface area (Å²) in [5.41, 5.74) is -1.14. The molecular weight excluding hydrogens is 526 g/mol. The Hall–Kier alpha value is -2.46. The molecule has 6 rings (SSSR count). The smallest absolute Gasteiger partial charge is 0.318 e. The summed E-state index contributed by atoms with van der Waals surface area (Å²) in [7, 11) is 0. The number of carbonyl (C=O) groups excluding carboxylic acids is 3. The Balaban J connectivity index is 1.45. The van der Waals surface area contributed by atoms with Crippen LogP contribution in [0.5, 0.6) is 0 Å². The minimum absolute atomic E-state index is 0.0250.